The summed E-state index contributed by atoms with van der Waals surface area (Å²) in [5.74, 6) is 0.0323. The Labute approximate surface area is 112 Å². The Morgan fingerprint density at radius 1 is 1.37 bits per heavy atom. The van der Waals surface area contributed by atoms with Crippen molar-refractivity contribution in [3.63, 3.8) is 0 Å². The lowest BCUT2D eigenvalue weighted by Gasteiger charge is -2.18. The third-order valence-corrected chi connectivity index (χ3v) is 3.81. The SMILES string of the molecule is CN(C)C(=O)c1cc2cncnc2n1C1CCCC1. The first kappa shape index (κ1) is 12.1. The van der Waals surface area contributed by atoms with Crippen LogP contribution in [0.1, 0.15) is 42.2 Å². The van der Waals surface area contributed by atoms with Gasteiger partial charge in [0.05, 0.1) is 0 Å². The molecule has 5 heteroatoms. The van der Waals surface area contributed by atoms with Gasteiger partial charge in [0, 0.05) is 31.7 Å². The largest absolute Gasteiger partial charge is 0.343 e. The van der Waals surface area contributed by atoms with E-state index in [1.54, 1.807) is 31.5 Å². The molecule has 3 rings (SSSR count). The Bertz CT molecular complexity index is 611. The predicted molar refractivity (Wildman–Crippen MR) is 73.1 cm³/mol. The molecule has 0 aliphatic heterocycles. The van der Waals surface area contributed by atoms with Crippen molar-refractivity contribution in [1.82, 2.24) is 19.4 Å². The number of carbonyl (C=O) groups excluding carboxylic acids is 1. The normalized spacial score (nSPS) is 16.1. The lowest BCUT2D eigenvalue weighted by Crippen LogP contribution is -2.25. The molecule has 0 saturated heterocycles. The lowest BCUT2D eigenvalue weighted by atomic mass is 10.2. The van der Waals surface area contributed by atoms with E-state index in [2.05, 4.69) is 14.5 Å². The summed E-state index contributed by atoms with van der Waals surface area (Å²) in [5, 5.41) is 0.944. The molecule has 19 heavy (non-hydrogen) atoms. The highest BCUT2D eigenvalue weighted by molar-refractivity contribution is 5.97. The lowest BCUT2D eigenvalue weighted by molar-refractivity contribution is 0.0815. The second-order valence-electron chi connectivity index (χ2n) is 5.34. The third kappa shape index (κ3) is 1.99. The van der Waals surface area contributed by atoms with Crippen molar-refractivity contribution in [1.29, 1.82) is 0 Å². The maximum atomic E-state index is 12.3. The average molecular weight is 258 g/mol. The van der Waals surface area contributed by atoms with Gasteiger partial charge >= 0.3 is 0 Å². The Balaban J connectivity index is 2.19. The minimum atomic E-state index is 0.0323. The molecule has 2 aromatic rings. The summed E-state index contributed by atoms with van der Waals surface area (Å²) in [6, 6.07) is 2.31. The molecule has 5 nitrogen and oxygen atoms in total. The predicted octanol–water partition coefficient (Wildman–Crippen LogP) is 2.25. The van der Waals surface area contributed by atoms with Crippen molar-refractivity contribution >= 4 is 16.9 Å². The standard InChI is InChI=1S/C14H18N4O/c1-17(2)14(19)12-7-10-8-15-9-16-13(10)18(12)11-5-3-4-6-11/h7-9,11H,3-6H2,1-2H3. The van der Waals surface area contributed by atoms with Gasteiger partial charge in [-0.3, -0.25) is 4.79 Å². The molecular formula is C14H18N4O. The number of hydrogen-bond donors (Lipinski definition) is 0. The summed E-state index contributed by atoms with van der Waals surface area (Å²) in [7, 11) is 3.56. The number of nitrogens with zero attached hydrogens (tertiary/aromatic N) is 4. The molecule has 1 fully saturated rings. The number of fused-ring (bicyclic) bond motifs is 1. The monoisotopic (exact) mass is 258 g/mol. The van der Waals surface area contributed by atoms with Crippen molar-refractivity contribution in [2.75, 3.05) is 14.1 Å². The summed E-state index contributed by atoms with van der Waals surface area (Å²) in [6.45, 7) is 0. The number of carbonyl (C=O) groups is 1. The minimum Gasteiger partial charge on any atom is -0.343 e. The molecular weight excluding hydrogens is 240 g/mol. The number of aromatic nitrogens is 3. The molecule has 0 atom stereocenters. The first-order valence-electron chi connectivity index (χ1n) is 6.71. The van der Waals surface area contributed by atoms with Crippen LogP contribution in [0.15, 0.2) is 18.6 Å². The summed E-state index contributed by atoms with van der Waals surface area (Å²) >= 11 is 0. The van der Waals surface area contributed by atoms with Crippen LogP contribution in [-0.4, -0.2) is 39.4 Å². The summed E-state index contributed by atoms with van der Waals surface area (Å²) in [5.41, 5.74) is 1.61. The van der Waals surface area contributed by atoms with Crippen LogP contribution >= 0.6 is 0 Å². The van der Waals surface area contributed by atoms with E-state index in [0.29, 0.717) is 6.04 Å². The van der Waals surface area contributed by atoms with E-state index in [9.17, 15) is 4.79 Å². The summed E-state index contributed by atoms with van der Waals surface area (Å²) in [6.07, 6.45) is 8.04. The molecule has 100 valence electrons. The number of amides is 1. The Morgan fingerprint density at radius 2 is 2.11 bits per heavy atom. The van der Waals surface area contributed by atoms with E-state index in [4.69, 9.17) is 0 Å². The molecule has 1 aliphatic carbocycles. The fourth-order valence-corrected chi connectivity index (χ4v) is 2.89. The fraction of sp³-hybridized carbons (Fsp3) is 0.500. The topological polar surface area (TPSA) is 51.0 Å². The zero-order chi connectivity index (χ0) is 13.4. The highest BCUT2D eigenvalue weighted by atomic mass is 16.2. The van der Waals surface area contributed by atoms with Gasteiger partial charge in [-0.25, -0.2) is 9.97 Å². The van der Waals surface area contributed by atoms with Crippen molar-refractivity contribution in [2.24, 2.45) is 0 Å². The van der Waals surface area contributed by atoms with Crippen LogP contribution in [0.5, 0.6) is 0 Å². The molecule has 0 radical (unpaired) electrons. The molecule has 0 bridgehead atoms. The van der Waals surface area contributed by atoms with Crippen LogP contribution in [0.2, 0.25) is 0 Å². The highest BCUT2D eigenvalue weighted by Gasteiger charge is 2.25. The van der Waals surface area contributed by atoms with Crippen molar-refractivity contribution in [2.45, 2.75) is 31.7 Å². The Morgan fingerprint density at radius 3 is 2.79 bits per heavy atom. The second-order valence-corrected chi connectivity index (χ2v) is 5.34. The van der Waals surface area contributed by atoms with Crippen LogP contribution in [-0.2, 0) is 0 Å². The van der Waals surface area contributed by atoms with Gasteiger partial charge in [0.1, 0.15) is 17.7 Å². The quantitative estimate of drug-likeness (QED) is 0.830. The molecule has 0 unspecified atom stereocenters. The van der Waals surface area contributed by atoms with Gasteiger partial charge < -0.3 is 9.47 Å². The molecule has 1 aliphatic rings. The van der Waals surface area contributed by atoms with E-state index in [-0.39, 0.29) is 5.91 Å². The molecule has 2 heterocycles. The van der Waals surface area contributed by atoms with E-state index < -0.39 is 0 Å². The van der Waals surface area contributed by atoms with Crippen molar-refractivity contribution in [3.8, 4) is 0 Å². The van der Waals surface area contributed by atoms with E-state index in [1.807, 2.05) is 6.07 Å². The minimum absolute atomic E-state index is 0.0323. The Kier molecular flexibility index (Phi) is 2.97. The second kappa shape index (κ2) is 4.64. The van der Waals surface area contributed by atoms with Crippen molar-refractivity contribution < 1.29 is 4.79 Å². The van der Waals surface area contributed by atoms with Gasteiger partial charge in [0.2, 0.25) is 0 Å². The molecule has 2 aromatic heterocycles. The third-order valence-electron chi connectivity index (χ3n) is 3.81. The van der Waals surface area contributed by atoms with E-state index in [1.165, 1.54) is 12.8 Å². The maximum absolute atomic E-state index is 12.3. The van der Waals surface area contributed by atoms with Gasteiger partial charge in [0.15, 0.2) is 0 Å². The van der Waals surface area contributed by atoms with Gasteiger partial charge in [0.25, 0.3) is 5.91 Å². The molecule has 0 spiro atoms. The van der Waals surface area contributed by atoms with Crippen LogP contribution in [0.3, 0.4) is 0 Å². The Hall–Kier alpha value is -1.91. The molecule has 1 saturated carbocycles. The van der Waals surface area contributed by atoms with Gasteiger partial charge in [-0.05, 0) is 18.9 Å². The molecule has 1 amide bonds. The summed E-state index contributed by atoms with van der Waals surface area (Å²) in [4.78, 5) is 22.4. The van der Waals surface area contributed by atoms with Crippen LogP contribution in [0.4, 0.5) is 0 Å². The number of rotatable bonds is 2. The first-order valence-corrected chi connectivity index (χ1v) is 6.71. The highest BCUT2D eigenvalue weighted by Crippen LogP contribution is 2.34. The van der Waals surface area contributed by atoms with Gasteiger partial charge in [-0.15, -0.1) is 0 Å². The maximum Gasteiger partial charge on any atom is 0.270 e. The average Bonchev–Trinajstić information content (AvgIpc) is 3.03. The molecule has 0 aromatic carbocycles. The smallest absolute Gasteiger partial charge is 0.270 e. The van der Waals surface area contributed by atoms with Crippen LogP contribution in [0.25, 0.3) is 11.0 Å². The van der Waals surface area contributed by atoms with Crippen LogP contribution in [0, 0.1) is 0 Å². The summed E-state index contributed by atoms with van der Waals surface area (Å²) < 4.78 is 2.12. The van der Waals surface area contributed by atoms with E-state index in [0.717, 1.165) is 29.6 Å². The fourth-order valence-electron chi connectivity index (χ4n) is 2.89. The first-order chi connectivity index (χ1) is 9.18. The number of hydrogen-bond acceptors (Lipinski definition) is 3. The molecule has 0 N–H and O–H groups in total. The van der Waals surface area contributed by atoms with Crippen molar-refractivity contribution in [3.05, 3.63) is 24.3 Å². The zero-order valence-electron chi connectivity index (χ0n) is 11.3. The van der Waals surface area contributed by atoms with Gasteiger partial charge in [-0.2, -0.15) is 0 Å². The van der Waals surface area contributed by atoms with Gasteiger partial charge in [-0.1, -0.05) is 12.8 Å². The zero-order valence-corrected chi connectivity index (χ0v) is 11.3. The van der Waals surface area contributed by atoms with Crippen LogP contribution < -0.4 is 0 Å². The van der Waals surface area contributed by atoms with E-state index >= 15 is 0 Å².